The van der Waals surface area contributed by atoms with Crippen molar-refractivity contribution in [2.75, 3.05) is 13.6 Å². The van der Waals surface area contributed by atoms with Crippen LogP contribution in [0.5, 0.6) is 0 Å². The van der Waals surface area contributed by atoms with E-state index in [1.807, 2.05) is 18.0 Å². The summed E-state index contributed by atoms with van der Waals surface area (Å²) in [6, 6.07) is 5.43. The molecule has 0 aromatic heterocycles. The first kappa shape index (κ1) is 14.3. The Morgan fingerprint density at radius 1 is 1.41 bits per heavy atom. The lowest BCUT2D eigenvalue weighted by atomic mass is 10.1. The van der Waals surface area contributed by atoms with E-state index in [9.17, 15) is 4.79 Å². The van der Waals surface area contributed by atoms with Crippen LogP contribution in [0.2, 0.25) is 10.0 Å². The third kappa shape index (κ3) is 4.54. The van der Waals surface area contributed by atoms with Gasteiger partial charge in [0.25, 0.3) is 0 Å². The number of nitrogens with zero attached hydrogens (tertiary/aromatic N) is 1. The second kappa shape index (κ2) is 6.24. The van der Waals surface area contributed by atoms with Gasteiger partial charge in [0, 0.05) is 13.1 Å². The van der Waals surface area contributed by atoms with Gasteiger partial charge < -0.3 is 10.0 Å². The molecule has 3 nitrogen and oxygen atoms in total. The van der Waals surface area contributed by atoms with Gasteiger partial charge in [-0.25, -0.2) is 0 Å². The average molecular weight is 276 g/mol. The number of halogens is 2. The summed E-state index contributed by atoms with van der Waals surface area (Å²) in [4.78, 5) is 12.7. The summed E-state index contributed by atoms with van der Waals surface area (Å²) in [6.45, 7) is 2.83. The maximum atomic E-state index is 10.7. The van der Waals surface area contributed by atoms with Crippen molar-refractivity contribution in [3.05, 3.63) is 33.8 Å². The first-order chi connectivity index (χ1) is 7.90. The number of hydrogen-bond donors (Lipinski definition) is 1. The number of carbonyl (C=O) groups is 1. The number of benzene rings is 1. The van der Waals surface area contributed by atoms with E-state index >= 15 is 0 Å². The normalized spacial score (nSPS) is 12.8. The van der Waals surface area contributed by atoms with Crippen molar-refractivity contribution in [3.8, 4) is 0 Å². The summed E-state index contributed by atoms with van der Waals surface area (Å²) in [6.07, 6.45) is 0. The molecule has 0 spiro atoms. The molecule has 0 saturated carbocycles. The van der Waals surface area contributed by atoms with Gasteiger partial charge in [0.15, 0.2) is 0 Å². The zero-order valence-electron chi connectivity index (χ0n) is 9.78. The molecule has 1 aromatic rings. The molecule has 0 saturated heterocycles. The maximum absolute atomic E-state index is 10.7. The van der Waals surface area contributed by atoms with E-state index in [0.29, 0.717) is 23.1 Å². The second-order valence-electron chi connectivity index (χ2n) is 4.18. The van der Waals surface area contributed by atoms with Gasteiger partial charge in [0.1, 0.15) is 0 Å². The molecule has 1 atom stereocenters. The molecule has 0 fully saturated rings. The summed E-state index contributed by atoms with van der Waals surface area (Å²) >= 11 is 11.7. The first-order valence-corrected chi connectivity index (χ1v) is 6.01. The Labute approximate surface area is 111 Å². The van der Waals surface area contributed by atoms with E-state index in [-0.39, 0.29) is 5.92 Å². The lowest BCUT2D eigenvalue weighted by Gasteiger charge is -2.19. The molecular weight excluding hydrogens is 261 g/mol. The molecule has 94 valence electrons. The van der Waals surface area contributed by atoms with Crippen LogP contribution < -0.4 is 0 Å². The summed E-state index contributed by atoms with van der Waals surface area (Å²) in [7, 11) is 1.88. The third-order valence-electron chi connectivity index (χ3n) is 2.44. The molecule has 0 amide bonds. The van der Waals surface area contributed by atoms with E-state index in [1.165, 1.54) is 0 Å². The largest absolute Gasteiger partial charge is 0.481 e. The molecule has 1 N–H and O–H groups in total. The van der Waals surface area contributed by atoms with Gasteiger partial charge in [0.2, 0.25) is 0 Å². The summed E-state index contributed by atoms with van der Waals surface area (Å²) in [5.74, 6) is -1.17. The Bertz CT molecular complexity index is 409. The Morgan fingerprint density at radius 2 is 2.06 bits per heavy atom. The van der Waals surface area contributed by atoms with Crippen LogP contribution in [0.25, 0.3) is 0 Å². The van der Waals surface area contributed by atoms with E-state index in [1.54, 1.807) is 19.1 Å². The van der Waals surface area contributed by atoms with E-state index in [4.69, 9.17) is 28.3 Å². The van der Waals surface area contributed by atoms with Gasteiger partial charge in [-0.15, -0.1) is 0 Å². The van der Waals surface area contributed by atoms with Crippen LogP contribution in [0.3, 0.4) is 0 Å². The van der Waals surface area contributed by atoms with Gasteiger partial charge in [-0.05, 0) is 24.7 Å². The topological polar surface area (TPSA) is 40.5 Å². The lowest BCUT2D eigenvalue weighted by Crippen LogP contribution is -2.28. The van der Waals surface area contributed by atoms with Crippen LogP contribution in [-0.4, -0.2) is 29.6 Å². The van der Waals surface area contributed by atoms with Crippen molar-refractivity contribution in [1.82, 2.24) is 4.90 Å². The molecule has 1 aromatic carbocycles. The minimum Gasteiger partial charge on any atom is -0.481 e. The van der Waals surface area contributed by atoms with Crippen LogP contribution in [0.4, 0.5) is 0 Å². The van der Waals surface area contributed by atoms with E-state index in [2.05, 4.69) is 0 Å². The summed E-state index contributed by atoms with van der Waals surface area (Å²) in [5.41, 5.74) is 1.01. The highest BCUT2D eigenvalue weighted by atomic mass is 35.5. The van der Waals surface area contributed by atoms with Crippen LogP contribution in [0.15, 0.2) is 18.2 Å². The molecule has 0 bridgehead atoms. The van der Waals surface area contributed by atoms with Crippen molar-refractivity contribution in [2.45, 2.75) is 13.5 Å². The number of carboxylic acid groups (broad SMARTS) is 1. The maximum Gasteiger partial charge on any atom is 0.307 e. The highest BCUT2D eigenvalue weighted by molar-refractivity contribution is 6.42. The molecule has 0 heterocycles. The molecule has 1 unspecified atom stereocenters. The Kier molecular flexibility index (Phi) is 5.25. The van der Waals surface area contributed by atoms with Crippen molar-refractivity contribution in [2.24, 2.45) is 5.92 Å². The zero-order chi connectivity index (χ0) is 13.0. The standard InChI is InChI=1S/C12H15Cl2NO2/c1-8(12(16)17)6-15(2)7-9-3-4-10(13)11(14)5-9/h3-5,8H,6-7H2,1-2H3,(H,16,17). The highest BCUT2D eigenvalue weighted by Gasteiger charge is 2.13. The van der Waals surface area contributed by atoms with Crippen LogP contribution in [-0.2, 0) is 11.3 Å². The van der Waals surface area contributed by atoms with Gasteiger partial charge in [-0.1, -0.05) is 36.2 Å². The van der Waals surface area contributed by atoms with E-state index in [0.717, 1.165) is 5.56 Å². The molecule has 0 aliphatic heterocycles. The van der Waals surface area contributed by atoms with Crippen LogP contribution in [0.1, 0.15) is 12.5 Å². The lowest BCUT2D eigenvalue weighted by molar-refractivity contribution is -0.141. The van der Waals surface area contributed by atoms with Gasteiger partial charge in [-0.2, -0.15) is 0 Å². The highest BCUT2D eigenvalue weighted by Crippen LogP contribution is 2.23. The molecule has 1 rings (SSSR count). The first-order valence-electron chi connectivity index (χ1n) is 5.25. The Morgan fingerprint density at radius 3 is 2.59 bits per heavy atom. The second-order valence-corrected chi connectivity index (χ2v) is 5.00. The minimum absolute atomic E-state index is 0.386. The SMILES string of the molecule is CC(CN(C)Cc1ccc(Cl)c(Cl)c1)C(=O)O. The quantitative estimate of drug-likeness (QED) is 0.898. The van der Waals surface area contributed by atoms with Crippen molar-refractivity contribution >= 4 is 29.2 Å². The summed E-state index contributed by atoms with van der Waals surface area (Å²) < 4.78 is 0. The van der Waals surface area contributed by atoms with Crippen LogP contribution in [0, 0.1) is 5.92 Å². The Balaban J connectivity index is 2.58. The third-order valence-corrected chi connectivity index (χ3v) is 3.18. The van der Waals surface area contributed by atoms with Gasteiger partial charge in [0.05, 0.1) is 16.0 Å². The molecule has 5 heteroatoms. The number of carboxylic acids is 1. The van der Waals surface area contributed by atoms with E-state index < -0.39 is 5.97 Å². The van der Waals surface area contributed by atoms with Crippen molar-refractivity contribution < 1.29 is 9.90 Å². The predicted octanol–water partition coefficient (Wildman–Crippen LogP) is 3.15. The molecule has 0 aliphatic rings. The number of hydrogen-bond acceptors (Lipinski definition) is 2. The van der Waals surface area contributed by atoms with Crippen LogP contribution >= 0.6 is 23.2 Å². The Hall–Kier alpha value is -0.770. The monoisotopic (exact) mass is 275 g/mol. The fourth-order valence-corrected chi connectivity index (χ4v) is 1.88. The average Bonchev–Trinajstić information content (AvgIpc) is 2.23. The smallest absolute Gasteiger partial charge is 0.307 e. The molecular formula is C12H15Cl2NO2. The molecule has 0 radical (unpaired) electrons. The van der Waals surface area contributed by atoms with Gasteiger partial charge >= 0.3 is 5.97 Å². The summed E-state index contributed by atoms with van der Waals surface area (Å²) in [5, 5.41) is 9.85. The molecule has 17 heavy (non-hydrogen) atoms. The predicted molar refractivity (Wildman–Crippen MR) is 69.6 cm³/mol. The van der Waals surface area contributed by atoms with Crippen molar-refractivity contribution in [1.29, 1.82) is 0 Å². The van der Waals surface area contributed by atoms with Crippen molar-refractivity contribution in [3.63, 3.8) is 0 Å². The number of rotatable bonds is 5. The number of aliphatic carboxylic acids is 1. The minimum atomic E-state index is -0.786. The molecule has 0 aliphatic carbocycles. The fourth-order valence-electron chi connectivity index (χ4n) is 1.56. The zero-order valence-corrected chi connectivity index (χ0v) is 11.3. The van der Waals surface area contributed by atoms with Gasteiger partial charge in [-0.3, -0.25) is 4.79 Å². The fraction of sp³-hybridized carbons (Fsp3) is 0.417.